The summed E-state index contributed by atoms with van der Waals surface area (Å²) in [5.74, 6) is 4.48. The standard InChI is InChI=1S/C14H26.C13H11NO/c1-11-3-7-13(8-4-11)14-9-5-12(2)6-10-14;1-10(9-14)3-4-11(2)12-5-7-13(15)8-6-12/h11-14H,3-10H2,1-2H3;3-8,15H,1-2H2/b;4-3-. The Balaban J connectivity index is 0.000000207. The molecule has 3 rings (SSSR count). The molecular formula is C27H37NO. The second kappa shape index (κ2) is 11.7. The average Bonchev–Trinajstić information content (AvgIpc) is 2.74. The lowest BCUT2D eigenvalue weighted by atomic mass is 9.70. The molecule has 0 radical (unpaired) electrons. The van der Waals surface area contributed by atoms with Crippen LogP contribution < -0.4 is 0 Å². The van der Waals surface area contributed by atoms with Crippen LogP contribution in [0.5, 0.6) is 5.75 Å². The van der Waals surface area contributed by atoms with E-state index in [1.807, 2.05) is 6.07 Å². The fourth-order valence-corrected chi connectivity index (χ4v) is 4.52. The molecule has 2 heteroatoms. The zero-order valence-electron chi connectivity index (χ0n) is 18.2. The number of allylic oxidation sites excluding steroid dienone is 4. The van der Waals surface area contributed by atoms with Crippen molar-refractivity contribution >= 4 is 5.57 Å². The number of nitrogens with zero attached hydrogens (tertiary/aromatic N) is 1. The Morgan fingerprint density at radius 3 is 1.72 bits per heavy atom. The number of rotatable bonds is 4. The highest BCUT2D eigenvalue weighted by atomic mass is 16.3. The fourth-order valence-electron chi connectivity index (χ4n) is 4.52. The third-order valence-corrected chi connectivity index (χ3v) is 6.66. The van der Waals surface area contributed by atoms with Crippen molar-refractivity contribution in [2.75, 3.05) is 0 Å². The third-order valence-electron chi connectivity index (χ3n) is 6.66. The van der Waals surface area contributed by atoms with Gasteiger partial charge in [-0.3, -0.25) is 0 Å². The molecule has 0 amide bonds. The molecule has 2 nitrogen and oxygen atoms in total. The summed E-state index contributed by atoms with van der Waals surface area (Å²) in [6, 6.07) is 8.62. The number of hydrogen-bond donors (Lipinski definition) is 1. The van der Waals surface area contributed by atoms with Gasteiger partial charge in [0, 0.05) is 5.57 Å². The van der Waals surface area contributed by atoms with Crippen molar-refractivity contribution < 1.29 is 5.11 Å². The van der Waals surface area contributed by atoms with Gasteiger partial charge in [0.05, 0.1) is 6.07 Å². The molecule has 1 N–H and O–H groups in total. The second-order valence-electron chi connectivity index (χ2n) is 9.08. The molecule has 2 aliphatic rings. The smallest absolute Gasteiger partial charge is 0.115 e. The van der Waals surface area contributed by atoms with Gasteiger partial charge in [-0.25, -0.2) is 0 Å². The van der Waals surface area contributed by atoms with Gasteiger partial charge in [-0.2, -0.15) is 5.26 Å². The van der Waals surface area contributed by atoms with Gasteiger partial charge < -0.3 is 5.11 Å². The Morgan fingerprint density at radius 2 is 1.31 bits per heavy atom. The maximum Gasteiger partial charge on any atom is 0.115 e. The Kier molecular flexibility index (Phi) is 9.26. The van der Waals surface area contributed by atoms with E-state index in [-0.39, 0.29) is 5.75 Å². The van der Waals surface area contributed by atoms with Crippen LogP contribution in [-0.4, -0.2) is 5.11 Å². The van der Waals surface area contributed by atoms with Crippen LogP contribution in [-0.2, 0) is 0 Å². The summed E-state index contributed by atoms with van der Waals surface area (Å²) in [6.07, 6.45) is 15.5. The van der Waals surface area contributed by atoms with Crippen molar-refractivity contribution in [3.05, 3.63) is 60.7 Å². The van der Waals surface area contributed by atoms with Gasteiger partial charge in [-0.15, -0.1) is 0 Å². The maximum absolute atomic E-state index is 9.09. The molecule has 0 spiro atoms. The van der Waals surface area contributed by atoms with Gasteiger partial charge in [0.1, 0.15) is 5.75 Å². The SMILES string of the molecule is C=C(C#N)/C=C\C(=C)c1ccc(O)cc1.CC1CCC(C2CCC(C)CC2)CC1. The van der Waals surface area contributed by atoms with E-state index in [9.17, 15) is 0 Å². The van der Waals surface area contributed by atoms with Crippen molar-refractivity contribution in [1.82, 2.24) is 0 Å². The van der Waals surface area contributed by atoms with Gasteiger partial charge >= 0.3 is 0 Å². The summed E-state index contributed by atoms with van der Waals surface area (Å²) in [4.78, 5) is 0. The van der Waals surface area contributed by atoms with E-state index in [0.29, 0.717) is 5.57 Å². The summed E-state index contributed by atoms with van der Waals surface area (Å²) in [7, 11) is 0. The highest BCUT2D eigenvalue weighted by Gasteiger charge is 2.28. The lowest BCUT2D eigenvalue weighted by Crippen LogP contribution is -2.24. The number of aromatic hydroxyl groups is 1. The normalized spacial score (nSPS) is 26.8. The number of benzene rings is 1. The third kappa shape index (κ3) is 7.94. The first-order chi connectivity index (χ1) is 13.9. The van der Waals surface area contributed by atoms with E-state index in [1.165, 1.54) is 25.7 Å². The van der Waals surface area contributed by atoms with Crippen molar-refractivity contribution in [1.29, 1.82) is 5.26 Å². The molecule has 1 aromatic carbocycles. The number of nitriles is 1. The summed E-state index contributed by atoms with van der Waals surface area (Å²) in [6.45, 7) is 12.2. The van der Waals surface area contributed by atoms with Crippen molar-refractivity contribution in [3.63, 3.8) is 0 Å². The van der Waals surface area contributed by atoms with Crippen molar-refractivity contribution in [2.24, 2.45) is 23.7 Å². The number of phenolic OH excluding ortho intramolecular Hbond substituents is 1. The molecule has 0 heterocycles. The molecule has 29 heavy (non-hydrogen) atoms. The molecule has 0 saturated heterocycles. The predicted molar refractivity (Wildman–Crippen MR) is 123 cm³/mol. The number of phenols is 1. The van der Waals surface area contributed by atoms with Gasteiger partial charge in [0.15, 0.2) is 0 Å². The Hall–Kier alpha value is -2.27. The molecule has 2 fully saturated rings. The van der Waals surface area contributed by atoms with E-state index in [1.54, 1.807) is 62.1 Å². The van der Waals surface area contributed by atoms with Gasteiger partial charge in [0.2, 0.25) is 0 Å². The van der Waals surface area contributed by atoms with Gasteiger partial charge in [-0.05, 0) is 78.7 Å². The molecule has 2 saturated carbocycles. The first-order valence-corrected chi connectivity index (χ1v) is 11.1. The largest absolute Gasteiger partial charge is 0.508 e. The zero-order valence-corrected chi connectivity index (χ0v) is 18.2. The minimum atomic E-state index is 0.219. The summed E-state index contributed by atoms with van der Waals surface area (Å²) >= 11 is 0. The van der Waals surface area contributed by atoms with Crippen LogP contribution in [0.3, 0.4) is 0 Å². The molecule has 1 aromatic rings. The Morgan fingerprint density at radius 1 is 0.862 bits per heavy atom. The van der Waals surface area contributed by atoms with Gasteiger partial charge in [-0.1, -0.05) is 70.9 Å². The minimum absolute atomic E-state index is 0.219. The molecule has 2 aliphatic carbocycles. The Labute approximate surface area is 177 Å². The minimum Gasteiger partial charge on any atom is -0.508 e. The fraction of sp³-hybridized carbons (Fsp3) is 0.519. The van der Waals surface area contributed by atoms with E-state index in [4.69, 9.17) is 10.4 Å². The van der Waals surface area contributed by atoms with Crippen LogP contribution >= 0.6 is 0 Å². The first kappa shape index (κ1) is 23.0. The lowest BCUT2D eigenvalue weighted by molar-refractivity contribution is 0.155. The van der Waals surface area contributed by atoms with Crippen LogP contribution in [0, 0.1) is 35.0 Å². The molecule has 0 aliphatic heterocycles. The van der Waals surface area contributed by atoms with Crippen LogP contribution in [0.4, 0.5) is 0 Å². The summed E-state index contributed by atoms with van der Waals surface area (Å²) < 4.78 is 0. The van der Waals surface area contributed by atoms with E-state index < -0.39 is 0 Å². The zero-order chi connectivity index (χ0) is 21.2. The van der Waals surface area contributed by atoms with Crippen LogP contribution in [0.1, 0.15) is 70.8 Å². The first-order valence-electron chi connectivity index (χ1n) is 11.1. The summed E-state index contributed by atoms with van der Waals surface area (Å²) in [5.41, 5.74) is 2.05. The van der Waals surface area contributed by atoms with Gasteiger partial charge in [0.25, 0.3) is 0 Å². The highest BCUT2D eigenvalue weighted by molar-refractivity contribution is 5.73. The van der Waals surface area contributed by atoms with Crippen molar-refractivity contribution in [3.8, 4) is 11.8 Å². The lowest BCUT2D eigenvalue weighted by Gasteiger charge is -2.36. The molecule has 0 aromatic heterocycles. The van der Waals surface area contributed by atoms with Crippen LogP contribution in [0.2, 0.25) is 0 Å². The number of hydrogen-bond acceptors (Lipinski definition) is 2. The van der Waals surface area contributed by atoms with Crippen molar-refractivity contribution in [2.45, 2.75) is 65.2 Å². The van der Waals surface area contributed by atoms with Crippen LogP contribution in [0.15, 0.2) is 55.1 Å². The van der Waals surface area contributed by atoms with E-state index >= 15 is 0 Å². The van der Waals surface area contributed by atoms with E-state index in [0.717, 1.165) is 34.8 Å². The highest BCUT2D eigenvalue weighted by Crippen LogP contribution is 2.40. The second-order valence-corrected chi connectivity index (χ2v) is 9.08. The average molecular weight is 392 g/mol. The molecular weight excluding hydrogens is 354 g/mol. The molecule has 0 unspecified atom stereocenters. The predicted octanol–water partition coefficient (Wildman–Crippen LogP) is 7.68. The van der Waals surface area contributed by atoms with E-state index in [2.05, 4.69) is 27.0 Å². The topological polar surface area (TPSA) is 44.0 Å². The summed E-state index contributed by atoms with van der Waals surface area (Å²) in [5, 5.41) is 17.6. The monoisotopic (exact) mass is 391 g/mol. The quantitative estimate of drug-likeness (QED) is 0.422. The maximum atomic E-state index is 9.09. The van der Waals surface area contributed by atoms with Crippen LogP contribution in [0.25, 0.3) is 5.57 Å². The molecule has 0 atom stereocenters. The molecule has 156 valence electrons. The Bertz CT molecular complexity index is 701. The molecule has 0 bridgehead atoms.